The van der Waals surface area contributed by atoms with Crippen LogP contribution >= 0.6 is 0 Å². The van der Waals surface area contributed by atoms with E-state index in [0.717, 1.165) is 24.3 Å². The number of amides is 1. The standard InChI is InChI=1S/C15H19N3O/c1-4-12-6-8-13(9-7-12)16-15(19)14-10-18(5-2)17-11(14)3/h6-10H,4-5H2,1-3H3,(H,16,19). The summed E-state index contributed by atoms with van der Waals surface area (Å²) >= 11 is 0. The molecule has 1 aromatic heterocycles. The number of nitrogens with zero attached hydrogens (tertiary/aromatic N) is 2. The van der Waals surface area contributed by atoms with Gasteiger partial charge in [0.15, 0.2) is 0 Å². The van der Waals surface area contributed by atoms with Gasteiger partial charge in [-0.2, -0.15) is 5.10 Å². The molecule has 0 aliphatic carbocycles. The molecule has 4 nitrogen and oxygen atoms in total. The van der Waals surface area contributed by atoms with Gasteiger partial charge in [0.2, 0.25) is 0 Å². The third kappa shape index (κ3) is 3.02. The number of benzene rings is 1. The van der Waals surface area contributed by atoms with Crippen LogP contribution in [0.2, 0.25) is 0 Å². The van der Waals surface area contributed by atoms with Gasteiger partial charge in [-0.25, -0.2) is 0 Å². The molecule has 0 atom stereocenters. The van der Waals surface area contributed by atoms with Crippen LogP contribution in [0.25, 0.3) is 0 Å². The van der Waals surface area contributed by atoms with Gasteiger partial charge in [-0.3, -0.25) is 9.48 Å². The van der Waals surface area contributed by atoms with Crippen LogP contribution in [0.5, 0.6) is 0 Å². The van der Waals surface area contributed by atoms with Gasteiger partial charge in [0.25, 0.3) is 5.91 Å². The van der Waals surface area contributed by atoms with Gasteiger partial charge in [0, 0.05) is 18.4 Å². The average molecular weight is 257 g/mol. The van der Waals surface area contributed by atoms with Gasteiger partial charge >= 0.3 is 0 Å². The topological polar surface area (TPSA) is 46.9 Å². The molecule has 1 heterocycles. The molecule has 0 saturated carbocycles. The molecule has 0 aliphatic rings. The summed E-state index contributed by atoms with van der Waals surface area (Å²) in [5.41, 5.74) is 3.45. The van der Waals surface area contributed by atoms with Crippen molar-refractivity contribution in [3.8, 4) is 0 Å². The summed E-state index contributed by atoms with van der Waals surface area (Å²) in [5, 5.41) is 7.17. The highest BCUT2D eigenvalue weighted by molar-refractivity contribution is 6.04. The first-order chi connectivity index (χ1) is 9.13. The summed E-state index contributed by atoms with van der Waals surface area (Å²) in [7, 11) is 0. The maximum atomic E-state index is 12.2. The lowest BCUT2D eigenvalue weighted by molar-refractivity contribution is 0.102. The van der Waals surface area contributed by atoms with E-state index in [-0.39, 0.29) is 5.91 Å². The van der Waals surface area contributed by atoms with Gasteiger partial charge in [0.05, 0.1) is 11.3 Å². The van der Waals surface area contributed by atoms with E-state index >= 15 is 0 Å². The predicted octanol–water partition coefficient (Wildman–Crippen LogP) is 3.03. The van der Waals surface area contributed by atoms with E-state index in [1.165, 1.54) is 5.56 Å². The van der Waals surface area contributed by atoms with E-state index in [2.05, 4.69) is 17.3 Å². The number of hydrogen-bond acceptors (Lipinski definition) is 2. The third-order valence-electron chi connectivity index (χ3n) is 3.14. The minimum atomic E-state index is -0.110. The summed E-state index contributed by atoms with van der Waals surface area (Å²) in [6.45, 7) is 6.72. The minimum Gasteiger partial charge on any atom is -0.322 e. The van der Waals surface area contributed by atoms with Crippen LogP contribution in [0.4, 0.5) is 5.69 Å². The molecule has 0 spiro atoms. The zero-order valence-electron chi connectivity index (χ0n) is 11.6. The van der Waals surface area contributed by atoms with E-state index in [1.807, 2.05) is 38.1 Å². The Morgan fingerprint density at radius 3 is 2.47 bits per heavy atom. The summed E-state index contributed by atoms with van der Waals surface area (Å²) in [5.74, 6) is -0.110. The average Bonchev–Trinajstić information content (AvgIpc) is 2.81. The first-order valence-electron chi connectivity index (χ1n) is 6.58. The second kappa shape index (κ2) is 5.69. The molecule has 4 heteroatoms. The summed E-state index contributed by atoms with van der Waals surface area (Å²) in [6.07, 6.45) is 2.78. The molecule has 1 aromatic carbocycles. The van der Waals surface area contributed by atoms with Crippen LogP contribution in [0.15, 0.2) is 30.5 Å². The van der Waals surface area contributed by atoms with Crippen molar-refractivity contribution in [1.82, 2.24) is 9.78 Å². The van der Waals surface area contributed by atoms with E-state index in [4.69, 9.17) is 0 Å². The lowest BCUT2D eigenvalue weighted by Gasteiger charge is -2.05. The van der Waals surface area contributed by atoms with Crippen LogP contribution in [-0.2, 0) is 13.0 Å². The van der Waals surface area contributed by atoms with Crippen LogP contribution in [-0.4, -0.2) is 15.7 Å². The fourth-order valence-corrected chi connectivity index (χ4v) is 1.92. The monoisotopic (exact) mass is 257 g/mol. The highest BCUT2D eigenvalue weighted by Gasteiger charge is 2.13. The predicted molar refractivity (Wildman–Crippen MR) is 76.4 cm³/mol. The van der Waals surface area contributed by atoms with Crippen LogP contribution < -0.4 is 5.32 Å². The van der Waals surface area contributed by atoms with Gasteiger partial charge in [-0.15, -0.1) is 0 Å². The Labute approximate surface area is 113 Å². The van der Waals surface area contributed by atoms with Crippen LogP contribution in [0.3, 0.4) is 0 Å². The highest BCUT2D eigenvalue weighted by atomic mass is 16.1. The zero-order valence-corrected chi connectivity index (χ0v) is 11.6. The molecule has 0 unspecified atom stereocenters. The lowest BCUT2D eigenvalue weighted by atomic mass is 10.1. The Balaban J connectivity index is 2.13. The van der Waals surface area contributed by atoms with Gasteiger partial charge < -0.3 is 5.32 Å². The van der Waals surface area contributed by atoms with Crippen molar-refractivity contribution in [3.05, 3.63) is 47.3 Å². The smallest absolute Gasteiger partial charge is 0.259 e. The van der Waals surface area contributed by atoms with Gasteiger partial charge in [0.1, 0.15) is 0 Å². The molecule has 0 bridgehead atoms. The molecular weight excluding hydrogens is 238 g/mol. The number of rotatable bonds is 4. The normalized spacial score (nSPS) is 10.5. The molecule has 19 heavy (non-hydrogen) atoms. The Morgan fingerprint density at radius 1 is 1.26 bits per heavy atom. The number of anilines is 1. The SMILES string of the molecule is CCc1ccc(NC(=O)c2cn(CC)nc2C)cc1. The summed E-state index contributed by atoms with van der Waals surface area (Å²) in [4.78, 5) is 12.2. The van der Waals surface area contributed by atoms with Crippen molar-refractivity contribution in [3.63, 3.8) is 0 Å². The number of carbonyl (C=O) groups is 1. The molecule has 100 valence electrons. The Kier molecular flexibility index (Phi) is 4.00. The molecule has 0 aliphatic heterocycles. The molecular formula is C15H19N3O. The van der Waals surface area contributed by atoms with Crippen molar-refractivity contribution >= 4 is 11.6 Å². The van der Waals surface area contributed by atoms with Crippen LogP contribution in [0, 0.1) is 6.92 Å². The second-order valence-electron chi connectivity index (χ2n) is 4.49. The van der Waals surface area contributed by atoms with Crippen molar-refractivity contribution in [2.45, 2.75) is 33.7 Å². The fourth-order valence-electron chi connectivity index (χ4n) is 1.92. The number of aryl methyl sites for hydroxylation is 3. The molecule has 0 radical (unpaired) electrons. The quantitative estimate of drug-likeness (QED) is 0.915. The van der Waals surface area contributed by atoms with Gasteiger partial charge in [-0.05, 0) is 38.0 Å². The molecule has 0 fully saturated rings. The lowest BCUT2D eigenvalue weighted by Crippen LogP contribution is -2.12. The molecule has 2 rings (SSSR count). The van der Waals surface area contributed by atoms with Crippen molar-refractivity contribution < 1.29 is 4.79 Å². The number of aromatic nitrogens is 2. The van der Waals surface area contributed by atoms with Crippen molar-refractivity contribution in [2.75, 3.05) is 5.32 Å². The third-order valence-corrected chi connectivity index (χ3v) is 3.14. The number of carbonyl (C=O) groups excluding carboxylic acids is 1. The second-order valence-corrected chi connectivity index (χ2v) is 4.49. The fraction of sp³-hybridized carbons (Fsp3) is 0.333. The molecule has 1 amide bonds. The van der Waals surface area contributed by atoms with E-state index in [9.17, 15) is 4.79 Å². The maximum Gasteiger partial charge on any atom is 0.259 e. The number of hydrogen-bond donors (Lipinski definition) is 1. The van der Waals surface area contributed by atoms with Gasteiger partial charge in [-0.1, -0.05) is 19.1 Å². The number of nitrogens with one attached hydrogen (secondary N) is 1. The maximum absolute atomic E-state index is 12.2. The first kappa shape index (κ1) is 13.3. The Hall–Kier alpha value is -2.10. The molecule has 2 aromatic rings. The largest absolute Gasteiger partial charge is 0.322 e. The molecule has 1 N–H and O–H groups in total. The minimum absolute atomic E-state index is 0.110. The van der Waals surface area contributed by atoms with E-state index < -0.39 is 0 Å². The van der Waals surface area contributed by atoms with E-state index in [1.54, 1.807) is 10.9 Å². The zero-order chi connectivity index (χ0) is 13.8. The Bertz CT molecular complexity index is 570. The highest BCUT2D eigenvalue weighted by Crippen LogP contribution is 2.13. The van der Waals surface area contributed by atoms with Crippen molar-refractivity contribution in [2.24, 2.45) is 0 Å². The molecule has 0 saturated heterocycles. The van der Waals surface area contributed by atoms with E-state index in [0.29, 0.717) is 5.56 Å². The Morgan fingerprint density at radius 2 is 1.95 bits per heavy atom. The summed E-state index contributed by atoms with van der Waals surface area (Å²) < 4.78 is 1.77. The summed E-state index contributed by atoms with van der Waals surface area (Å²) in [6, 6.07) is 7.91. The van der Waals surface area contributed by atoms with Crippen molar-refractivity contribution in [1.29, 1.82) is 0 Å². The van der Waals surface area contributed by atoms with Crippen LogP contribution in [0.1, 0.15) is 35.5 Å². The first-order valence-corrected chi connectivity index (χ1v) is 6.58.